The summed E-state index contributed by atoms with van der Waals surface area (Å²) in [7, 11) is 0. The largest absolute Gasteiger partial charge is 0.153 e. The van der Waals surface area contributed by atoms with E-state index in [-0.39, 0.29) is 0 Å². The first-order valence-electron chi connectivity index (χ1n) is 13.0. The summed E-state index contributed by atoms with van der Waals surface area (Å²) in [5.41, 5.74) is 1.38. The van der Waals surface area contributed by atoms with Crippen molar-refractivity contribution in [2.24, 2.45) is 52.3 Å². The Morgan fingerprint density at radius 1 is 0.857 bits per heavy atom. The minimum atomic E-state index is 0.674. The normalized spacial score (nSPS) is 53.1. The molecule has 0 N–H and O–H groups in total. The summed E-state index contributed by atoms with van der Waals surface area (Å²) in [5, 5.41) is 2.14. The summed E-state index contributed by atoms with van der Waals surface area (Å²) in [6.07, 6.45) is 16.9. The zero-order valence-corrected chi connectivity index (χ0v) is 20.2. The van der Waals surface area contributed by atoms with E-state index in [0.29, 0.717) is 10.8 Å². The predicted octanol–water partition coefficient (Wildman–Crippen LogP) is 8.20. The lowest BCUT2D eigenvalue weighted by Crippen LogP contribution is -2.54. The summed E-state index contributed by atoms with van der Waals surface area (Å²) in [4.78, 5) is 0. The molecule has 4 saturated carbocycles. The molecule has 0 aromatic heterocycles. The minimum absolute atomic E-state index is 0.674. The van der Waals surface area contributed by atoms with Gasteiger partial charge in [-0.1, -0.05) is 53.9 Å². The zero-order valence-electron chi connectivity index (χ0n) is 19.4. The molecular formula is C27H46S. The second-order valence-corrected chi connectivity index (χ2v) is 14.3. The van der Waals surface area contributed by atoms with E-state index in [2.05, 4.69) is 46.4 Å². The molecule has 5 rings (SSSR count). The maximum absolute atomic E-state index is 2.76. The van der Waals surface area contributed by atoms with Crippen molar-refractivity contribution >= 4 is 11.8 Å². The molecule has 0 amide bonds. The highest BCUT2D eigenvalue weighted by Gasteiger charge is 2.63. The van der Waals surface area contributed by atoms with E-state index in [1.807, 2.05) is 0 Å². The van der Waals surface area contributed by atoms with E-state index >= 15 is 0 Å². The van der Waals surface area contributed by atoms with Crippen molar-refractivity contribution in [3.63, 3.8) is 0 Å². The van der Waals surface area contributed by atoms with E-state index in [0.717, 1.165) is 51.9 Å². The lowest BCUT2D eigenvalue weighted by Gasteiger charge is -2.60. The molecule has 160 valence electrons. The second kappa shape index (κ2) is 7.20. The second-order valence-electron chi connectivity index (χ2n) is 12.8. The van der Waals surface area contributed by atoms with Crippen LogP contribution in [-0.4, -0.2) is 10.5 Å². The van der Waals surface area contributed by atoms with Gasteiger partial charge in [-0.2, -0.15) is 11.8 Å². The highest BCUT2D eigenvalue weighted by molar-refractivity contribution is 8.07. The third-order valence-corrected chi connectivity index (χ3v) is 12.5. The van der Waals surface area contributed by atoms with Crippen molar-refractivity contribution in [3.05, 3.63) is 0 Å². The van der Waals surface area contributed by atoms with Crippen LogP contribution in [-0.2, 0) is 0 Å². The molecular weight excluding hydrogens is 356 g/mol. The maximum atomic E-state index is 2.76. The quantitative estimate of drug-likeness (QED) is 0.417. The van der Waals surface area contributed by atoms with Gasteiger partial charge in [0.1, 0.15) is 0 Å². The first-order valence-corrected chi connectivity index (χ1v) is 13.9. The number of rotatable bonds is 5. The molecule has 1 aliphatic heterocycles. The van der Waals surface area contributed by atoms with E-state index in [4.69, 9.17) is 0 Å². The maximum Gasteiger partial charge on any atom is 0.0175 e. The molecule has 1 saturated heterocycles. The number of fused-ring (bicyclic) bond motifs is 6. The smallest absolute Gasteiger partial charge is 0.0175 e. The van der Waals surface area contributed by atoms with E-state index in [1.54, 1.807) is 51.4 Å². The summed E-state index contributed by atoms with van der Waals surface area (Å²) in [6.45, 7) is 12.9. The van der Waals surface area contributed by atoms with Crippen LogP contribution in [0.4, 0.5) is 0 Å². The SMILES string of the molecule is CC(C)CCC[C@@H](C)[C@H]1CC[C@H]2[C@@H]3CCC4C[C@@H]5S[C@@H]5C[C@]4(C)[C@H]3CC[C@]12C. The Morgan fingerprint density at radius 3 is 2.43 bits per heavy atom. The van der Waals surface area contributed by atoms with Gasteiger partial charge in [0.2, 0.25) is 0 Å². The van der Waals surface area contributed by atoms with Crippen molar-refractivity contribution in [1.82, 2.24) is 0 Å². The van der Waals surface area contributed by atoms with Crippen LogP contribution >= 0.6 is 11.8 Å². The molecule has 4 aliphatic carbocycles. The van der Waals surface area contributed by atoms with E-state index in [9.17, 15) is 0 Å². The highest BCUT2D eigenvalue weighted by Crippen LogP contribution is 2.71. The van der Waals surface area contributed by atoms with Crippen molar-refractivity contribution < 1.29 is 0 Å². The van der Waals surface area contributed by atoms with Crippen LogP contribution in [0, 0.1) is 52.3 Å². The minimum Gasteiger partial charge on any atom is -0.153 e. The summed E-state index contributed by atoms with van der Waals surface area (Å²) < 4.78 is 0. The molecule has 10 atom stereocenters. The summed E-state index contributed by atoms with van der Waals surface area (Å²) in [5.74, 6) is 7.13. The van der Waals surface area contributed by atoms with E-state index < -0.39 is 0 Å². The van der Waals surface area contributed by atoms with Crippen LogP contribution in [0.3, 0.4) is 0 Å². The Morgan fingerprint density at radius 2 is 1.64 bits per heavy atom. The Labute approximate surface area is 179 Å². The standard InChI is InChI=1S/C27H46S/c1-17(2)7-6-8-18(3)21-11-12-22-20-10-9-19-15-24-25(28-24)16-27(19,5)23(20)13-14-26(21,22)4/h17-25H,6-16H2,1-5H3/t18-,19?,20+,21-,22+,23+,24+,25-,26-,27+/m1/s1. The van der Waals surface area contributed by atoms with Gasteiger partial charge in [0.25, 0.3) is 0 Å². The van der Waals surface area contributed by atoms with Gasteiger partial charge in [0.15, 0.2) is 0 Å². The molecule has 0 aromatic carbocycles. The Hall–Kier alpha value is 0.350. The van der Waals surface area contributed by atoms with Crippen LogP contribution in [0.2, 0.25) is 0 Å². The Balaban J connectivity index is 1.30. The third kappa shape index (κ3) is 3.15. The molecule has 0 aromatic rings. The zero-order chi connectivity index (χ0) is 19.7. The summed E-state index contributed by atoms with van der Waals surface area (Å²) in [6, 6.07) is 0. The lowest BCUT2D eigenvalue weighted by atomic mass is 9.44. The van der Waals surface area contributed by atoms with Crippen molar-refractivity contribution in [2.75, 3.05) is 0 Å². The average Bonchev–Trinajstić information content (AvgIpc) is 3.27. The fourth-order valence-electron chi connectivity index (χ4n) is 9.54. The van der Waals surface area contributed by atoms with Gasteiger partial charge < -0.3 is 0 Å². The van der Waals surface area contributed by atoms with Crippen LogP contribution < -0.4 is 0 Å². The monoisotopic (exact) mass is 402 g/mol. The van der Waals surface area contributed by atoms with Crippen LogP contribution in [0.25, 0.3) is 0 Å². The van der Waals surface area contributed by atoms with Gasteiger partial charge in [0, 0.05) is 10.5 Å². The lowest BCUT2D eigenvalue weighted by molar-refractivity contribution is -0.110. The molecule has 1 unspecified atom stereocenters. The van der Waals surface area contributed by atoms with Gasteiger partial charge in [-0.3, -0.25) is 0 Å². The Kier molecular flexibility index (Phi) is 5.21. The van der Waals surface area contributed by atoms with Crippen LogP contribution in [0.5, 0.6) is 0 Å². The van der Waals surface area contributed by atoms with Crippen molar-refractivity contribution in [1.29, 1.82) is 0 Å². The number of hydrogen-bond donors (Lipinski definition) is 0. The molecule has 0 bridgehead atoms. The topological polar surface area (TPSA) is 0 Å². The predicted molar refractivity (Wildman–Crippen MR) is 124 cm³/mol. The first-order chi connectivity index (χ1) is 13.3. The highest BCUT2D eigenvalue weighted by atomic mass is 32.2. The molecule has 5 fully saturated rings. The molecule has 0 nitrogen and oxygen atoms in total. The van der Waals surface area contributed by atoms with Gasteiger partial charge in [0.05, 0.1) is 0 Å². The van der Waals surface area contributed by atoms with E-state index in [1.165, 1.54) is 19.3 Å². The third-order valence-electron chi connectivity index (χ3n) is 11.1. The fraction of sp³-hybridized carbons (Fsp3) is 1.00. The van der Waals surface area contributed by atoms with Crippen LogP contribution in [0.15, 0.2) is 0 Å². The fourth-order valence-corrected chi connectivity index (χ4v) is 10.9. The summed E-state index contributed by atoms with van der Waals surface area (Å²) >= 11 is 2.34. The molecule has 0 radical (unpaired) electrons. The Bertz CT molecular complexity index is 583. The van der Waals surface area contributed by atoms with Gasteiger partial charge in [-0.15, -0.1) is 0 Å². The molecule has 28 heavy (non-hydrogen) atoms. The average molecular weight is 403 g/mol. The molecule has 1 heteroatoms. The molecule has 5 aliphatic rings. The van der Waals surface area contributed by atoms with Gasteiger partial charge in [-0.25, -0.2) is 0 Å². The number of thioether (sulfide) groups is 1. The molecule has 1 heterocycles. The number of hydrogen-bond acceptors (Lipinski definition) is 1. The van der Waals surface area contributed by atoms with Gasteiger partial charge >= 0.3 is 0 Å². The van der Waals surface area contributed by atoms with Crippen LogP contribution in [0.1, 0.15) is 105 Å². The first kappa shape index (κ1) is 20.3. The molecule has 0 spiro atoms. The van der Waals surface area contributed by atoms with Crippen molar-refractivity contribution in [2.45, 2.75) is 116 Å². The van der Waals surface area contributed by atoms with Gasteiger partial charge in [-0.05, 0) is 104 Å². The van der Waals surface area contributed by atoms with Crippen molar-refractivity contribution in [3.8, 4) is 0 Å².